The third-order valence-corrected chi connectivity index (χ3v) is 4.90. The maximum absolute atomic E-state index is 12.9. The van der Waals surface area contributed by atoms with Gasteiger partial charge < -0.3 is 14.5 Å². The molecule has 0 N–H and O–H groups in total. The second-order valence-electron chi connectivity index (χ2n) is 6.64. The molecular weight excluding hydrogens is 340 g/mol. The molecule has 1 aliphatic rings. The minimum Gasteiger partial charge on any atom is -0.492 e. The van der Waals surface area contributed by atoms with Crippen LogP contribution in [0.2, 0.25) is 0 Å². The Bertz CT molecular complexity index is 791. The average molecular weight is 366 g/mol. The highest BCUT2D eigenvalue weighted by molar-refractivity contribution is 6.01. The number of aryl methyl sites for hydroxylation is 1. The summed E-state index contributed by atoms with van der Waals surface area (Å²) in [5.41, 5.74) is 1.90. The smallest absolute Gasteiger partial charge is 0.249 e. The molecule has 5 nitrogen and oxygen atoms in total. The van der Waals surface area contributed by atoms with Gasteiger partial charge in [-0.3, -0.25) is 9.59 Å². The van der Waals surface area contributed by atoms with Crippen molar-refractivity contribution in [3.05, 3.63) is 60.2 Å². The van der Waals surface area contributed by atoms with Gasteiger partial charge in [-0.25, -0.2) is 0 Å². The summed E-state index contributed by atoms with van der Waals surface area (Å²) in [5, 5.41) is 0. The second kappa shape index (κ2) is 8.71. The Balaban J connectivity index is 1.66. The van der Waals surface area contributed by atoms with E-state index in [1.54, 1.807) is 16.7 Å². The fourth-order valence-electron chi connectivity index (χ4n) is 3.45. The molecular formula is C22H26N2O3. The highest BCUT2D eigenvalue weighted by atomic mass is 16.5. The van der Waals surface area contributed by atoms with E-state index in [4.69, 9.17) is 4.74 Å². The molecule has 1 atom stereocenters. The van der Waals surface area contributed by atoms with Crippen LogP contribution in [0.15, 0.2) is 54.6 Å². The molecule has 0 bridgehead atoms. The molecule has 142 valence electrons. The van der Waals surface area contributed by atoms with Gasteiger partial charge in [0.25, 0.3) is 0 Å². The number of hydrogen-bond acceptors (Lipinski definition) is 3. The van der Waals surface area contributed by atoms with Crippen molar-refractivity contribution >= 4 is 17.5 Å². The number of ether oxygens (including phenoxy) is 1. The van der Waals surface area contributed by atoms with E-state index in [1.165, 1.54) is 0 Å². The van der Waals surface area contributed by atoms with E-state index in [1.807, 2.05) is 61.5 Å². The fraction of sp³-hybridized carbons (Fsp3) is 0.364. The minimum absolute atomic E-state index is 0.0254. The number of anilines is 1. The summed E-state index contributed by atoms with van der Waals surface area (Å²) < 4.78 is 5.66. The van der Waals surface area contributed by atoms with Gasteiger partial charge in [0.05, 0.1) is 12.3 Å². The van der Waals surface area contributed by atoms with Crippen molar-refractivity contribution in [3.8, 4) is 5.75 Å². The highest BCUT2D eigenvalue weighted by Gasteiger charge is 2.35. The van der Waals surface area contributed by atoms with Crippen LogP contribution in [-0.4, -0.2) is 42.5 Å². The van der Waals surface area contributed by atoms with Crippen LogP contribution in [0.25, 0.3) is 0 Å². The highest BCUT2D eigenvalue weighted by Crippen LogP contribution is 2.30. The normalized spacial score (nSPS) is 17.1. The first-order chi connectivity index (χ1) is 13.1. The lowest BCUT2D eigenvalue weighted by Crippen LogP contribution is -2.57. The first-order valence-corrected chi connectivity index (χ1v) is 9.48. The van der Waals surface area contributed by atoms with Crippen LogP contribution in [0.4, 0.5) is 5.69 Å². The lowest BCUT2D eigenvalue weighted by Gasteiger charge is -2.39. The van der Waals surface area contributed by atoms with E-state index in [-0.39, 0.29) is 11.8 Å². The number of rotatable bonds is 6. The largest absolute Gasteiger partial charge is 0.492 e. The van der Waals surface area contributed by atoms with Crippen molar-refractivity contribution in [3.63, 3.8) is 0 Å². The molecule has 1 saturated heterocycles. The predicted octanol–water partition coefficient (Wildman–Crippen LogP) is 3.28. The molecule has 0 radical (unpaired) electrons. The Morgan fingerprint density at radius 1 is 1.07 bits per heavy atom. The summed E-state index contributed by atoms with van der Waals surface area (Å²) >= 11 is 0. The topological polar surface area (TPSA) is 49.9 Å². The molecule has 1 fully saturated rings. The van der Waals surface area contributed by atoms with Gasteiger partial charge >= 0.3 is 0 Å². The fourth-order valence-corrected chi connectivity index (χ4v) is 3.45. The molecule has 5 heteroatoms. The number of hydrogen-bond donors (Lipinski definition) is 0. The SMILES string of the molecule is CCOc1ccccc1N1CCN(C(=O)CCc2ccccc2)[C@H](C)C1=O. The molecule has 1 aliphatic heterocycles. The quantitative estimate of drug-likeness (QED) is 0.788. The number of carbonyl (C=O) groups excluding carboxylic acids is 2. The van der Waals surface area contributed by atoms with Crippen molar-refractivity contribution in [2.24, 2.45) is 0 Å². The van der Waals surface area contributed by atoms with Crippen LogP contribution in [0.5, 0.6) is 5.75 Å². The first-order valence-electron chi connectivity index (χ1n) is 9.48. The standard InChI is InChI=1S/C22H26N2O3/c1-3-27-20-12-8-7-11-19(20)24-16-15-23(17(2)22(24)26)21(25)14-13-18-9-5-4-6-10-18/h4-12,17H,3,13-16H2,1-2H3/t17-/m1/s1. The van der Waals surface area contributed by atoms with E-state index in [0.717, 1.165) is 11.3 Å². The summed E-state index contributed by atoms with van der Waals surface area (Å²) in [7, 11) is 0. The number of piperazine rings is 1. The number of benzene rings is 2. The zero-order valence-electron chi connectivity index (χ0n) is 15.9. The lowest BCUT2D eigenvalue weighted by atomic mass is 10.1. The van der Waals surface area contributed by atoms with Crippen molar-refractivity contribution in [2.75, 3.05) is 24.6 Å². The zero-order chi connectivity index (χ0) is 19.2. The Labute approximate surface area is 160 Å². The van der Waals surface area contributed by atoms with Crippen LogP contribution < -0.4 is 9.64 Å². The van der Waals surface area contributed by atoms with Gasteiger partial charge in [-0.1, -0.05) is 42.5 Å². The van der Waals surface area contributed by atoms with Crippen LogP contribution in [-0.2, 0) is 16.0 Å². The molecule has 2 amide bonds. The summed E-state index contributed by atoms with van der Waals surface area (Å²) in [5.74, 6) is 0.656. The summed E-state index contributed by atoms with van der Waals surface area (Å²) in [6.07, 6.45) is 1.10. The molecule has 0 spiro atoms. The van der Waals surface area contributed by atoms with Gasteiger partial charge in [-0.2, -0.15) is 0 Å². The molecule has 2 aromatic rings. The number of carbonyl (C=O) groups is 2. The van der Waals surface area contributed by atoms with Gasteiger partial charge in [0, 0.05) is 19.5 Å². The van der Waals surface area contributed by atoms with E-state index in [2.05, 4.69) is 0 Å². The first kappa shape index (κ1) is 19.0. The number of para-hydroxylation sites is 2. The maximum atomic E-state index is 12.9. The van der Waals surface area contributed by atoms with Crippen molar-refractivity contribution in [1.82, 2.24) is 4.90 Å². The van der Waals surface area contributed by atoms with Crippen LogP contribution in [0.3, 0.4) is 0 Å². The molecule has 0 unspecified atom stereocenters. The van der Waals surface area contributed by atoms with Gasteiger partial charge in [0.15, 0.2) is 0 Å². The van der Waals surface area contributed by atoms with Crippen molar-refractivity contribution < 1.29 is 14.3 Å². The van der Waals surface area contributed by atoms with Crippen molar-refractivity contribution in [1.29, 1.82) is 0 Å². The van der Waals surface area contributed by atoms with Gasteiger partial charge in [0.1, 0.15) is 11.8 Å². The predicted molar refractivity (Wildman–Crippen MR) is 106 cm³/mol. The van der Waals surface area contributed by atoms with Crippen LogP contribution >= 0.6 is 0 Å². The van der Waals surface area contributed by atoms with Gasteiger partial charge in [-0.15, -0.1) is 0 Å². The summed E-state index contributed by atoms with van der Waals surface area (Å²) in [6, 6.07) is 17.0. The second-order valence-corrected chi connectivity index (χ2v) is 6.64. The molecule has 2 aromatic carbocycles. The van der Waals surface area contributed by atoms with Crippen molar-refractivity contribution in [2.45, 2.75) is 32.7 Å². The minimum atomic E-state index is -0.475. The third kappa shape index (κ3) is 4.30. The molecule has 1 heterocycles. The van der Waals surface area contributed by atoms with E-state index in [0.29, 0.717) is 38.3 Å². The average Bonchev–Trinajstić information content (AvgIpc) is 2.70. The summed E-state index contributed by atoms with van der Waals surface area (Å²) in [6.45, 7) is 5.27. The molecule has 0 aliphatic carbocycles. The maximum Gasteiger partial charge on any atom is 0.249 e. The lowest BCUT2D eigenvalue weighted by molar-refractivity contribution is -0.140. The van der Waals surface area contributed by atoms with E-state index < -0.39 is 6.04 Å². The Kier molecular flexibility index (Phi) is 6.12. The van der Waals surface area contributed by atoms with E-state index >= 15 is 0 Å². The molecule has 0 saturated carbocycles. The monoisotopic (exact) mass is 366 g/mol. The van der Waals surface area contributed by atoms with E-state index in [9.17, 15) is 9.59 Å². The third-order valence-electron chi connectivity index (χ3n) is 4.90. The van der Waals surface area contributed by atoms with Crippen LogP contribution in [0, 0.1) is 0 Å². The van der Waals surface area contributed by atoms with Crippen LogP contribution in [0.1, 0.15) is 25.8 Å². The molecule has 3 rings (SSSR count). The van der Waals surface area contributed by atoms with Gasteiger partial charge in [-0.05, 0) is 38.0 Å². The van der Waals surface area contributed by atoms with Gasteiger partial charge in [0.2, 0.25) is 11.8 Å². The molecule has 27 heavy (non-hydrogen) atoms. The summed E-state index contributed by atoms with van der Waals surface area (Å²) in [4.78, 5) is 29.1. The molecule has 0 aromatic heterocycles. The Hall–Kier alpha value is -2.82. The zero-order valence-corrected chi connectivity index (χ0v) is 15.9. The number of amides is 2. The Morgan fingerprint density at radius 2 is 1.78 bits per heavy atom. The number of nitrogens with zero attached hydrogens (tertiary/aromatic N) is 2. The Morgan fingerprint density at radius 3 is 2.52 bits per heavy atom.